The van der Waals surface area contributed by atoms with Gasteiger partial charge in [0.15, 0.2) is 6.20 Å². The van der Waals surface area contributed by atoms with Crippen LogP contribution in [0.5, 0.6) is 0 Å². The summed E-state index contributed by atoms with van der Waals surface area (Å²) in [7, 11) is 2.04. The first-order chi connectivity index (χ1) is 13.1. The van der Waals surface area contributed by atoms with E-state index >= 15 is 0 Å². The van der Waals surface area contributed by atoms with Crippen LogP contribution in [0.4, 0.5) is 4.39 Å². The van der Waals surface area contributed by atoms with E-state index in [-0.39, 0.29) is 5.82 Å². The molecule has 134 valence electrons. The monoisotopic (exact) mass is 357 g/mol. The molecule has 0 aliphatic heterocycles. The fourth-order valence-corrected chi connectivity index (χ4v) is 3.55. The fourth-order valence-electron chi connectivity index (χ4n) is 3.55. The number of aromatic nitrogens is 2. The molecule has 0 aliphatic rings. The van der Waals surface area contributed by atoms with Crippen molar-refractivity contribution in [1.82, 2.24) is 4.57 Å². The van der Waals surface area contributed by atoms with E-state index in [0.717, 1.165) is 16.9 Å². The fraction of sp³-hybridized carbons (Fsp3) is 0.125. The van der Waals surface area contributed by atoms with Gasteiger partial charge in [0.2, 0.25) is 5.69 Å². The summed E-state index contributed by atoms with van der Waals surface area (Å²) in [6.45, 7) is 2.62. The molecule has 0 spiro atoms. The highest BCUT2D eigenvalue weighted by atomic mass is 19.1. The standard InChI is InChI=1S/C24H22FN2/c1-18-21(15-14-20-10-7-8-16-26(20)2)22-11-4-6-13-24(22)27(18)17-19-9-3-5-12-23(19)25/h3-16H,17H2,1-2H3/q+1. The maximum absolute atomic E-state index is 14.2. The Morgan fingerprint density at radius 1 is 0.926 bits per heavy atom. The maximum Gasteiger partial charge on any atom is 0.204 e. The van der Waals surface area contributed by atoms with Gasteiger partial charge in [0.05, 0.1) is 6.54 Å². The van der Waals surface area contributed by atoms with E-state index in [1.807, 2.05) is 43.6 Å². The summed E-state index contributed by atoms with van der Waals surface area (Å²) in [4.78, 5) is 0. The Hall–Kier alpha value is -3.20. The Kier molecular flexibility index (Phi) is 4.59. The Bertz CT molecular complexity index is 1140. The molecule has 2 aromatic heterocycles. The molecule has 0 radical (unpaired) electrons. The van der Waals surface area contributed by atoms with Gasteiger partial charge in [-0.2, -0.15) is 0 Å². The van der Waals surface area contributed by atoms with Crippen molar-refractivity contribution in [1.29, 1.82) is 0 Å². The van der Waals surface area contributed by atoms with E-state index in [9.17, 15) is 4.39 Å². The summed E-state index contributed by atoms with van der Waals surface area (Å²) >= 11 is 0. The maximum atomic E-state index is 14.2. The molecule has 0 saturated carbocycles. The van der Waals surface area contributed by atoms with Crippen molar-refractivity contribution in [2.24, 2.45) is 7.05 Å². The topological polar surface area (TPSA) is 8.81 Å². The number of benzene rings is 2. The zero-order valence-corrected chi connectivity index (χ0v) is 15.6. The third-order valence-electron chi connectivity index (χ3n) is 5.08. The molecular weight excluding hydrogens is 335 g/mol. The van der Waals surface area contributed by atoms with Gasteiger partial charge in [-0.1, -0.05) is 36.4 Å². The molecule has 0 bridgehead atoms. The Morgan fingerprint density at radius 3 is 2.48 bits per heavy atom. The minimum Gasteiger partial charge on any atom is -0.340 e. The second-order valence-electron chi connectivity index (χ2n) is 6.76. The molecule has 0 amide bonds. The number of para-hydroxylation sites is 1. The number of hydrogen-bond donors (Lipinski definition) is 0. The van der Waals surface area contributed by atoms with Crippen LogP contribution < -0.4 is 4.57 Å². The van der Waals surface area contributed by atoms with Crippen molar-refractivity contribution in [2.75, 3.05) is 0 Å². The average Bonchev–Trinajstić information content (AvgIpc) is 2.94. The van der Waals surface area contributed by atoms with Crippen molar-refractivity contribution in [2.45, 2.75) is 13.5 Å². The third kappa shape index (κ3) is 3.28. The van der Waals surface area contributed by atoms with Crippen LogP contribution in [0.15, 0.2) is 72.9 Å². The van der Waals surface area contributed by atoms with Gasteiger partial charge in [0, 0.05) is 45.9 Å². The molecule has 0 atom stereocenters. The number of pyridine rings is 1. The van der Waals surface area contributed by atoms with E-state index in [1.165, 1.54) is 17.0 Å². The molecule has 0 N–H and O–H groups in total. The lowest BCUT2D eigenvalue weighted by molar-refractivity contribution is -0.673. The molecule has 0 unspecified atom stereocenters. The zero-order valence-electron chi connectivity index (χ0n) is 15.6. The molecule has 2 aromatic carbocycles. The highest BCUT2D eigenvalue weighted by molar-refractivity contribution is 5.93. The first-order valence-electron chi connectivity index (χ1n) is 9.09. The largest absolute Gasteiger partial charge is 0.340 e. The van der Waals surface area contributed by atoms with Crippen molar-refractivity contribution < 1.29 is 8.96 Å². The van der Waals surface area contributed by atoms with Crippen molar-refractivity contribution in [3.8, 4) is 0 Å². The average molecular weight is 357 g/mol. The predicted molar refractivity (Wildman–Crippen MR) is 109 cm³/mol. The summed E-state index contributed by atoms with van der Waals surface area (Å²) in [6.07, 6.45) is 6.32. The van der Waals surface area contributed by atoms with Crippen LogP contribution in [0, 0.1) is 12.7 Å². The molecule has 2 heterocycles. The normalized spacial score (nSPS) is 11.5. The molecular formula is C24H22FN2+. The number of rotatable bonds is 4. The number of aryl methyl sites for hydroxylation is 1. The van der Waals surface area contributed by atoms with Crippen molar-refractivity contribution >= 4 is 23.1 Å². The van der Waals surface area contributed by atoms with Crippen LogP contribution in [0.3, 0.4) is 0 Å². The van der Waals surface area contributed by atoms with Crippen molar-refractivity contribution in [3.05, 3.63) is 101 Å². The van der Waals surface area contributed by atoms with E-state index in [4.69, 9.17) is 0 Å². The number of halogens is 1. The van der Waals surface area contributed by atoms with Gasteiger partial charge in [-0.05, 0) is 31.2 Å². The first-order valence-corrected chi connectivity index (χ1v) is 9.09. The predicted octanol–water partition coefficient (Wildman–Crippen LogP) is 5.13. The summed E-state index contributed by atoms with van der Waals surface area (Å²) in [5, 5.41) is 1.18. The van der Waals surface area contributed by atoms with Crippen LogP contribution in [0.1, 0.15) is 22.5 Å². The lowest BCUT2D eigenvalue weighted by Gasteiger charge is -2.09. The second kappa shape index (κ2) is 7.20. The molecule has 27 heavy (non-hydrogen) atoms. The lowest BCUT2D eigenvalue weighted by atomic mass is 10.1. The van der Waals surface area contributed by atoms with Gasteiger partial charge in [-0.25, -0.2) is 8.96 Å². The van der Waals surface area contributed by atoms with E-state index in [0.29, 0.717) is 12.1 Å². The van der Waals surface area contributed by atoms with E-state index < -0.39 is 0 Å². The van der Waals surface area contributed by atoms with Crippen LogP contribution in [0.25, 0.3) is 23.1 Å². The SMILES string of the molecule is Cc1c(/C=C/c2cccc[n+]2C)c2ccccc2n1Cc1ccccc1F. The van der Waals surface area contributed by atoms with Crippen LogP contribution in [-0.4, -0.2) is 4.57 Å². The molecule has 4 rings (SSSR count). The number of hydrogen-bond acceptors (Lipinski definition) is 0. The van der Waals surface area contributed by atoms with Gasteiger partial charge >= 0.3 is 0 Å². The highest BCUT2D eigenvalue weighted by Gasteiger charge is 2.14. The molecule has 4 aromatic rings. The molecule has 2 nitrogen and oxygen atoms in total. The summed E-state index contributed by atoms with van der Waals surface area (Å²) in [6, 6.07) is 21.4. The van der Waals surface area contributed by atoms with E-state index in [2.05, 4.69) is 52.5 Å². The minimum absolute atomic E-state index is 0.164. The van der Waals surface area contributed by atoms with Crippen molar-refractivity contribution in [3.63, 3.8) is 0 Å². The smallest absolute Gasteiger partial charge is 0.204 e. The quantitative estimate of drug-likeness (QED) is 0.448. The minimum atomic E-state index is -0.164. The second-order valence-corrected chi connectivity index (χ2v) is 6.76. The van der Waals surface area contributed by atoms with E-state index in [1.54, 1.807) is 6.07 Å². The molecule has 0 fully saturated rings. The van der Waals surface area contributed by atoms with Gasteiger partial charge < -0.3 is 4.57 Å². The first kappa shape index (κ1) is 17.2. The van der Waals surface area contributed by atoms with Crippen LogP contribution >= 0.6 is 0 Å². The number of fused-ring (bicyclic) bond motifs is 1. The third-order valence-corrected chi connectivity index (χ3v) is 5.08. The van der Waals surface area contributed by atoms with Crippen LogP contribution in [-0.2, 0) is 13.6 Å². The summed E-state index contributed by atoms with van der Waals surface area (Å²) in [5.74, 6) is -0.164. The summed E-state index contributed by atoms with van der Waals surface area (Å²) in [5.41, 5.74) is 5.25. The number of nitrogens with zero attached hydrogens (tertiary/aromatic N) is 2. The van der Waals surface area contributed by atoms with Gasteiger partial charge in [-0.15, -0.1) is 0 Å². The van der Waals surface area contributed by atoms with Crippen LogP contribution in [0.2, 0.25) is 0 Å². The zero-order chi connectivity index (χ0) is 18.8. The molecule has 0 aliphatic carbocycles. The lowest BCUT2D eigenvalue weighted by Crippen LogP contribution is -2.30. The van der Waals surface area contributed by atoms with Gasteiger partial charge in [0.25, 0.3) is 0 Å². The molecule has 3 heteroatoms. The highest BCUT2D eigenvalue weighted by Crippen LogP contribution is 2.28. The molecule has 0 saturated heterocycles. The van der Waals surface area contributed by atoms with Gasteiger partial charge in [-0.3, -0.25) is 0 Å². The summed E-state index contributed by atoms with van der Waals surface area (Å²) < 4.78 is 18.5. The van der Waals surface area contributed by atoms with Gasteiger partial charge in [0.1, 0.15) is 12.9 Å². The Labute approximate surface area is 158 Å². The Balaban J connectivity index is 1.82. The Morgan fingerprint density at radius 2 is 1.67 bits per heavy atom.